The van der Waals surface area contributed by atoms with Gasteiger partial charge in [-0.05, 0) is 18.6 Å². The number of rotatable bonds is 2. The highest BCUT2D eigenvalue weighted by atomic mass is 19.4. The van der Waals surface area contributed by atoms with Crippen molar-refractivity contribution in [2.45, 2.75) is 13.1 Å². The number of halogens is 3. The second-order valence-electron chi connectivity index (χ2n) is 5.08. The van der Waals surface area contributed by atoms with Gasteiger partial charge in [-0.3, -0.25) is 0 Å². The van der Waals surface area contributed by atoms with Crippen LogP contribution < -0.4 is 5.84 Å². The van der Waals surface area contributed by atoms with Gasteiger partial charge in [-0.15, -0.1) is 10.2 Å². The first-order valence-corrected chi connectivity index (χ1v) is 6.82. The van der Waals surface area contributed by atoms with Crippen molar-refractivity contribution in [2.75, 3.05) is 5.84 Å². The maximum atomic E-state index is 13.2. The molecular formula is C16H13F3N4. The lowest BCUT2D eigenvalue weighted by atomic mass is 10.1. The second kappa shape index (κ2) is 5.42. The number of hydrogen-bond acceptors (Lipinski definition) is 3. The number of alkyl halides is 3. The molecule has 1 aromatic heterocycles. The maximum Gasteiger partial charge on any atom is 0.417 e. The van der Waals surface area contributed by atoms with E-state index in [1.807, 2.05) is 19.1 Å². The van der Waals surface area contributed by atoms with E-state index in [2.05, 4.69) is 10.2 Å². The van der Waals surface area contributed by atoms with Crippen molar-refractivity contribution in [3.05, 3.63) is 59.7 Å². The van der Waals surface area contributed by atoms with E-state index in [4.69, 9.17) is 5.84 Å². The van der Waals surface area contributed by atoms with Crippen molar-refractivity contribution in [1.82, 2.24) is 14.9 Å². The number of hydrogen-bond donors (Lipinski definition) is 1. The highest BCUT2D eigenvalue weighted by Crippen LogP contribution is 2.36. The van der Waals surface area contributed by atoms with Crippen LogP contribution in [0.3, 0.4) is 0 Å². The van der Waals surface area contributed by atoms with Crippen molar-refractivity contribution in [3.8, 4) is 22.8 Å². The number of nitrogens with two attached hydrogens (primary N) is 1. The highest BCUT2D eigenvalue weighted by molar-refractivity contribution is 5.67. The summed E-state index contributed by atoms with van der Waals surface area (Å²) in [6, 6.07) is 12.5. The number of nitrogens with zero attached hydrogens (tertiary/aromatic N) is 3. The van der Waals surface area contributed by atoms with Crippen molar-refractivity contribution in [2.24, 2.45) is 0 Å². The Bertz CT molecular complexity index is 853. The summed E-state index contributed by atoms with van der Waals surface area (Å²) in [5.41, 5.74) is 0.728. The van der Waals surface area contributed by atoms with Crippen LogP contribution in [-0.4, -0.2) is 14.9 Å². The molecule has 0 spiro atoms. The molecule has 0 aliphatic carbocycles. The molecule has 0 aliphatic heterocycles. The minimum Gasteiger partial charge on any atom is -0.336 e. The molecule has 0 aliphatic rings. The van der Waals surface area contributed by atoms with Gasteiger partial charge in [0.2, 0.25) is 0 Å². The summed E-state index contributed by atoms with van der Waals surface area (Å²) in [6.07, 6.45) is -4.49. The van der Waals surface area contributed by atoms with Crippen molar-refractivity contribution < 1.29 is 13.2 Å². The molecule has 0 atom stereocenters. The zero-order valence-corrected chi connectivity index (χ0v) is 12.2. The average Bonchev–Trinajstić information content (AvgIpc) is 2.88. The number of aromatic nitrogens is 3. The fourth-order valence-corrected chi connectivity index (χ4v) is 2.41. The van der Waals surface area contributed by atoms with E-state index in [1.165, 1.54) is 18.2 Å². The molecule has 0 unspecified atom stereocenters. The Kier molecular flexibility index (Phi) is 3.55. The molecule has 2 aromatic carbocycles. The van der Waals surface area contributed by atoms with E-state index in [-0.39, 0.29) is 11.4 Å². The van der Waals surface area contributed by atoms with Gasteiger partial charge in [-0.2, -0.15) is 13.2 Å². The van der Waals surface area contributed by atoms with Crippen molar-refractivity contribution in [3.63, 3.8) is 0 Å². The normalized spacial score (nSPS) is 11.7. The van der Waals surface area contributed by atoms with E-state index in [9.17, 15) is 13.2 Å². The first-order chi connectivity index (χ1) is 10.9. The predicted molar refractivity (Wildman–Crippen MR) is 80.8 cm³/mol. The fraction of sp³-hybridized carbons (Fsp3) is 0.125. The van der Waals surface area contributed by atoms with Gasteiger partial charge in [-0.1, -0.05) is 42.5 Å². The number of nitrogen functional groups attached to an aromatic ring is 1. The Morgan fingerprint density at radius 1 is 0.870 bits per heavy atom. The Morgan fingerprint density at radius 2 is 1.39 bits per heavy atom. The van der Waals surface area contributed by atoms with E-state index in [0.717, 1.165) is 21.9 Å². The highest BCUT2D eigenvalue weighted by Gasteiger charge is 2.34. The third-order valence-corrected chi connectivity index (χ3v) is 3.56. The van der Waals surface area contributed by atoms with Gasteiger partial charge in [0.1, 0.15) is 0 Å². The van der Waals surface area contributed by atoms with Gasteiger partial charge in [0.25, 0.3) is 0 Å². The van der Waals surface area contributed by atoms with E-state index < -0.39 is 11.7 Å². The molecule has 1 heterocycles. The third-order valence-electron chi connectivity index (χ3n) is 3.56. The van der Waals surface area contributed by atoms with Crippen LogP contribution in [0.5, 0.6) is 0 Å². The topological polar surface area (TPSA) is 56.7 Å². The summed E-state index contributed by atoms with van der Waals surface area (Å²) in [7, 11) is 0. The second-order valence-corrected chi connectivity index (χ2v) is 5.08. The Labute approximate surface area is 130 Å². The molecule has 0 saturated heterocycles. The summed E-state index contributed by atoms with van der Waals surface area (Å²) in [5.74, 6) is 6.26. The molecule has 118 valence electrons. The minimum atomic E-state index is -4.49. The van der Waals surface area contributed by atoms with Crippen LogP contribution in [0.15, 0.2) is 48.5 Å². The Balaban J connectivity index is 2.17. The smallest absolute Gasteiger partial charge is 0.336 e. The van der Waals surface area contributed by atoms with E-state index >= 15 is 0 Å². The summed E-state index contributed by atoms with van der Waals surface area (Å²) in [6.45, 7) is 1.87. The first kappa shape index (κ1) is 15.1. The summed E-state index contributed by atoms with van der Waals surface area (Å²) in [5, 5.41) is 7.83. The van der Waals surface area contributed by atoms with Gasteiger partial charge >= 0.3 is 6.18 Å². The van der Waals surface area contributed by atoms with Gasteiger partial charge in [0.15, 0.2) is 11.6 Å². The van der Waals surface area contributed by atoms with Crippen molar-refractivity contribution >= 4 is 0 Å². The lowest BCUT2D eigenvalue weighted by Crippen LogP contribution is -2.15. The van der Waals surface area contributed by atoms with Crippen LogP contribution in [0.4, 0.5) is 13.2 Å². The number of benzene rings is 2. The standard InChI is InChI=1S/C16H13F3N4/c1-10-6-2-3-7-11(10)14-21-22-15(23(14)20)12-8-4-5-9-13(12)16(17,18)19/h2-9H,20H2,1H3. The molecule has 23 heavy (non-hydrogen) atoms. The maximum absolute atomic E-state index is 13.2. The summed E-state index contributed by atoms with van der Waals surface area (Å²) < 4.78 is 40.6. The third kappa shape index (κ3) is 2.65. The molecule has 3 rings (SSSR count). The molecule has 4 nitrogen and oxygen atoms in total. The lowest BCUT2D eigenvalue weighted by molar-refractivity contribution is -0.137. The molecule has 7 heteroatoms. The lowest BCUT2D eigenvalue weighted by Gasteiger charge is -2.12. The largest absolute Gasteiger partial charge is 0.417 e. The van der Waals surface area contributed by atoms with Crippen molar-refractivity contribution in [1.29, 1.82) is 0 Å². The van der Waals surface area contributed by atoms with Crippen LogP contribution >= 0.6 is 0 Å². The summed E-state index contributed by atoms with van der Waals surface area (Å²) in [4.78, 5) is 0. The van der Waals surface area contributed by atoms with Crippen LogP contribution in [0, 0.1) is 6.92 Å². The monoisotopic (exact) mass is 318 g/mol. The molecule has 0 amide bonds. The first-order valence-electron chi connectivity index (χ1n) is 6.82. The predicted octanol–water partition coefficient (Wildman–Crippen LogP) is 3.65. The molecule has 2 N–H and O–H groups in total. The summed E-state index contributed by atoms with van der Waals surface area (Å²) >= 11 is 0. The van der Waals surface area contributed by atoms with Gasteiger partial charge in [-0.25, -0.2) is 4.68 Å². The zero-order valence-electron chi connectivity index (χ0n) is 12.2. The van der Waals surface area contributed by atoms with Crippen LogP contribution in [0.1, 0.15) is 11.1 Å². The molecule has 0 saturated carbocycles. The van der Waals surface area contributed by atoms with E-state index in [1.54, 1.807) is 12.1 Å². The molecule has 0 radical (unpaired) electrons. The van der Waals surface area contributed by atoms with Gasteiger partial charge in [0, 0.05) is 11.1 Å². The average molecular weight is 318 g/mol. The SMILES string of the molecule is Cc1ccccc1-c1nnc(-c2ccccc2C(F)(F)F)n1N. The Morgan fingerprint density at radius 3 is 2.00 bits per heavy atom. The number of aryl methyl sites for hydroxylation is 1. The quantitative estimate of drug-likeness (QED) is 0.734. The van der Waals surface area contributed by atoms with Gasteiger partial charge < -0.3 is 5.84 Å². The minimum absolute atomic E-state index is 0.0313. The molecule has 0 fully saturated rings. The van der Waals surface area contributed by atoms with Crippen LogP contribution in [0.2, 0.25) is 0 Å². The Hall–Kier alpha value is -2.83. The molecular weight excluding hydrogens is 305 g/mol. The zero-order chi connectivity index (χ0) is 16.6. The fourth-order valence-electron chi connectivity index (χ4n) is 2.41. The van der Waals surface area contributed by atoms with E-state index in [0.29, 0.717) is 5.82 Å². The van der Waals surface area contributed by atoms with Gasteiger partial charge in [0.05, 0.1) is 5.56 Å². The molecule has 0 bridgehead atoms. The van der Waals surface area contributed by atoms with Crippen LogP contribution in [-0.2, 0) is 6.18 Å². The van der Waals surface area contributed by atoms with Crippen LogP contribution in [0.25, 0.3) is 22.8 Å². The molecule has 3 aromatic rings.